The van der Waals surface area contributed by atoms with Crippen LogP contribution in [0, 0.1) is 5.92 Å². The van der Waals surface area contributed by atoms with E-state index >= 15 is 0 Å². The van der Waals surface area contributed by atoms with Crippen molar-refractivity contribution in [3.05, 3.63) is 24.3 Å². The summed E-state index contributed by atoms with van der Waals surface area (Å²) < 4.78 is 5.39. The number of hydrogen-bond donors (Lipinski definition) is 2. The summed E-state index contributed by atoms with van der Waals surface area (Å²) in [4.78, 5) is 11.7. The number of nitrogens with two attached hydrogens (primary N) is 1. The molecular formula is C15H24N2O2. The van der Waals surface area contributed by atoms with Crippen LogP contribution in [0.3, 0.4) is 0 Å². The Morgan fingerprint density at radius 2 is 2.16 bits per heavy atom. The molecule has 0 aromatic heterocycles. The number of nitrogens with one attached hydrogen (secondary N) is 1. The maximum atomic E-state index is 11.7. The van der Waals surface area contributed by atoms with Crippen LogP contribution in [-0.2, 0) is 4.79 Å². The number of nitrogen functional groups attached to an aromatic ring is 1. The molecule has 0 aliphatic heterocycles. The normalized spacial score (nSPS) is 13.6. The maximum Gasteiger partial charge on any atom is 0.258 e. The second-order valence-corrected chi connectivity index (χ2v) is 5.08. The second-order valence-electron chi connectivity index (χ2n) is 5.08. The summed E-state index contributed by atoms with van der Waals surface area (Å²) in [6.07, 6.45) is 2.11. The summed E-state index contributed by atoms with van der Waals surface area (Å²) in [5, 5.41) is 2.93. The van der Waals surface area contributed by atoms with E-state index in [0.717, 1.165) is 12.8 Å². The largest absolute Gasteiger partial charge is 0.484 e. The van der Waals surface area contributed by atoms with E-state index in [4.69, 9.17) is 10.5 Å². The van der Waals surface area contributed by atoms with Crippen molar-refractivity contribution in [3.63, 3.8) is 0 Å². The molecule has 19 heavy (non-hydrogen) atoms. The molecule has 0 heterocycles. The van der Waals surface area contributed by atoms with E-state index in [1.807, 2.05) is 6.92 Å². The Morgan fingerprint density at radius 1 is 1.42 bits per heavy atom. The lowest BCUT2D eigenvalue weighted by Gasteiger charge is -2.17. The zero-order valence-electron chi connectivity index (χ0n) is 12.0. The maximum absolute atomic E-state index is 11.7. The third-order valence-electron chi connectivity index (χ3n) is 3.09. The number of carbonyl (C=O) groups excluding carboxylic acids is 1. The first kappa shape index (κ1) is 15.3. The van der Waals surface area contributed by atoms with Gasteiger partial charge in [0.2, 0.25) is 0 Å². The molecule has 3 N–H and O–H groups in total. The first-order valence-electron chi connectivity index (χ1n) is 6.79. The summed E-state index contributed by atoms with van der Waals surface area (Å²) in [7, 11) is 0. The Kier molecular flexibility index (Phi) is 6.19. The van der Waals surface area contributed by atoms with Crippen LogP contribution in [0.5, 0.6) is 5.75 Å². The average molecular weight is 264 g/mol. The molecule has 2 atom stereocenters. The number of rotatable bonds is 7. The zero-order chi connectivity index (χ0) is 14.3. The molecule has 0 saturated carbocycles. The Hall–Kier alpha value is -1.71. The molecule has 1 aromatic carbocycles. The topological polar surface area (TPSA) is 64.3 Å². The van der Waals surface area contributed by atoms with E-state index in [0.29, 0.717) is 17.4 Å². The van der Waals surface area contributed by atoms with E-state index in [1.165, 1.54) is 0 Å². The van der Waals surface area contributed by atoms with Gasteiger partial charge in [-0.25, -0.2) is 0 Å². The molecular weight excluding hydrogens is 240 g/mol. The molecule has 4 nitrogen and oxygen atoms in total. The van der Waals surface area contributed by atoms with Gasteiger partial charge in [-0.1, -0.05) is 26.3 Å². The van der Waals surface area contributed by atoms with Gasteiger partial charge in [0.25, 0.3) is 5.91 Å². The summed E-state index contributed by atoms with van der Waals surface area (Å²) in [6, 6.07) is 7.24. The fraction of sp³-hybridized carbons (Fsp3) is 0.533. The third-order valence-corrected chi connectivity index (χ3v) is 3.09. The average Bonchev–Trinajstić information content (AvgIpc) is 2.36. The van der Waals surface area contributed by atoms with Crippen molar-refractivity contribution in [3.8, 4) is 5.75 Å². The molecule has 0 spiro atoms. The fourth-order valence-corrected chi connectivity index (χ4v) is 1.90. The molecule has 0 aliphatic carbocycles. The quantitative estimate of drug-likeness (QED) is 0.744. The van der Waals surface area contributed by atoms with E-state index in [-0.39, 0.29) is 18.6 Å². The van der Waals surface area contributed by atoms with Gasteiger partial charge in [-0.3, -0.25) is 4.79 Å². The lowest BCUT2D eigenvalue weighted by Crippen LogP contribution is -2.36. The standard InChI is InChI=1S/C15H24N2O2/c1-4-11(2)8-12(3)17-15(18)10-19-14-7-5-6-13(16)9-14/h5-7,9,11-12H,4,8,10,16H2,1-3H3,(H,17,18). The van der Waals surface area contributed by atoms with Crippen LogP contribution in [-0.4, -0.2) is 18.6 Å². The number of benzene rings is 1. The van der Waals surface area contributed by atoms with Crippen molar-refractivity contribution in [1.29, 1.82) is 0 Å². The minimum atomic E-state index is -0.0989. The highest BCUT2D eigenvalue weighted by molar-refractivity contribution is 5.77. The first-order chi connectivity index (χ1) is 9.01. The SMILES string of the molecule is CCC(C)CC(C)NC(=O)COc1cccc(N)c1. The molecule has 0 saturated heterocycles. The van der Waals surface area contributed by atoms with Crippen LogP contribution in [0.15, 0.2) is 24.3 Å². The Balaban J connectivity index is 2.31. The molecule has 1 amide bonds. The highest BCUT2D eigenvalue weighted by Crippen LogP contribution is 2.14. The second kappa shape index (κ2) is 7.67. The molecule has 0 radical (unpaired) electrons. The van der Waals surface area contributed by atoms with Gasteiger partial charge in [-0.2, -0.15) is 0 Å². The van der Waals surface area contributed by atoms with Gasteiger partial charge in [0.15, 0.2) is 6.61 Å². The van der Waals surface area contributed by atoms with Gasteiger partial charge in [-0.15, -0.1) is 0 Å². The number of amides is 1. The molecule has 0 bridgehead atoms. The summed E-state index contributed by atoms with van der Waals surface area (Å²) in [5.74, 6) is 1.13. The number of anilines is 1. The minimum absolute atomic E-state index is 0.0221. The van der Waals surface area contributed by atoms with E-state index in [2.05, 4.69) is 19.2 Å². The van der Waals surface area contributed by atoms with Crippen LogP contribution in [0.4, 0.5) is 5.69 Å². The summed E-state index contributed by atoms with van der Waals surface area (Å²) in [5.41, 5.74) is 6.26. The van der Waals surface area contributed by atoms with Crippen molar-refractivity contribution in [1.82, 2.24) is 5.32 Å². The van der Waals surface area contributed by atoms with E-state index < -0.39 is 0 Å². The Bertz CT molecular complexity index is 407. The van der Waals surface area contributed by atoms with Crippen molar-refractivity contribution < 1.29 is 9.53 Å². The molecule has 0 aliphatic rings. The minimum Gasteiger partial charge on any atom is -0.484 e. The van der Waals surface area contributed by atoms with Crippen molar-refractivity contribution in [2.75, 3.05) is 12.3 Å². The smallest absolute Gasteiger partial charge is 0.258 e. The lowest BCUT2D eigenvalue weighted by atomic mass is 10.0. The van der Waals surface area contributed by atoms with Crippen LogP contribution in [0.2, 0.25) is 0 Å². The van der Waals surface area contributed by atoms with Gasteiger partial charge in [0.05, 0.1) is 0 Å². The molecule has 106 valence electrons. The molecule has 2 unspecified atom stereocenters. The predicted molar refractivity (Wildman–Crippen MR) is 78.0 cm³/mol. The highest BCUT2D eigenvalue weighted by atomic mass is 16.5. The molecule has 1 aromatic rings. The number of carbonyl (C=O) groups is 1. The Labute approximate surface area is 115 Å². The van der Waals surface area contributed by atoms with Gasteiger partial charge >= 0.3 is 0 Å². The molecule has 4 heteroatoms. The van der Waals surface area contributed by atoms with Gasteiger partial charge < -0.3 is 15.8 Å². The van der Waals surface area contributed by atoms with Gasteiger partial charge in [-0.05, 0) is 31.4 Å². The van der Waals surface area contributed by atoms with E-state index in [1.54, 1.807) is 24.3 Å². The predicted octanol–water partition coefficient (Wildman–Crippen LogP) is 2.59. The van der Waals surface area contributed by atoms with Crippen LogP contribution in [0.1, 0.15) is 33.6 Å². The molecule has 1 rings (SSSR count). The van der Waals surface area contributed by atoms with Crippen LogP contribution in [0.25, 0.3) is 0 Å². The molecule has 0 fully saturated rings. The summed E-state index contributed by atoms with van der Waals surface area (Å²) in [6.45, 7) is 6.38. The third kappa shape index (κ3) is 6.13. The van der Waals surface area contributed by atoms with Crippen LogP contribution < -0.4 is 15.8 Å². The van der Waals surface area contributed by atoms with Crippen LogP contribution >= 0.6 is 0 Å². The van der Waals surface area contributed by atoms with Gasteiger partial charge in [0.1, 0.15) is 5.75 Å². The van der Waals surface area contributed by atoms with Crippen molar-refractivity contribution >= 4 is 11.6 Å². The summed E-state index contributed by atoms with van der Waals surface area (Å²) >= 11 is 0. The number of hydrogen-bond acceptors (Lipinski definition) is 3. The highest BCUT2D eigenvalue weighted by Gasteiger charge is 2.10. The first-order valence-corrected chi connectivity index (χ1v) is 6.79. The number of ether oxygens (including phenoxy) is 1. The zero-order valence-corrected chi connectivity index (χ0v) is 12.0. The fourth-order valence-electron chi connectivity index (χ4n) is 1.90. The van der Waals surface area contributed by atoms with E-state index in [9.17, 15) is 4.79 Å². The van der Waals surface area contributed by atoms with Crippen molar-refractivity contribution in [2.45, 2.75) is 39.7 Å². The lowest BCUT2D eigenvalue weighted by molar-refractivity contribution is -0.123. The van der Waals surface area contributed by atoms with Crippen molar-refractivity contribution in [2.24, 2.45) is 5.92 Å². The Morgan fingerprint density at radius 3 is 2.79 bits per heavy atom. The van der Waals surface area contributed by atoms with Gasteiger partial charge in [0, 0.05) is 17.8 Å². The monoisotopic (exact) mass is 264 g/mol.